The quantitative estimate of drug-likeness (QED) is 0.417. The summed E-state index contributed by atoms with van der Waals surface area (Å²) in [7, 11) is 0. The molecule has 4 nitrogen and oxygen atoms in total. The van der Waals surface area contributed by atoms with Crippen LogP contribution in [0.1, 0.15) is 34.4 Å². The molecular formula is C26H25F2N3OS. The number of aromatic nitrogens is 2. The van der Waals surface area contributed by atoms with Gasteiger partial charge in [0.2, 0.25) is 0 Å². The van der Waals surface area contributed by atoms with Gasteiger partial charge >= 0.3 is 0 Å². The smallest absolute Gasteiger partial charge is 0.262 e. The van der Waals surface area contributed by atoms with Crippen molar-refractivity contribution in [2.45, 2.75) is 51.2 Å². The highest BCUT2D eigenvalue weighted by molar-refractivity contribution is 7.18. The molecule has 0 bridgehead atoms. The fourth-order valence-electron chi connectivity index (χ4n) is 4.54. The van der Waals surface area contributed by atoms with Crippen molar-refractivity contribution in [3.63, 3.8) is 0 Å². The minimum atomic E-state index is -0.829. The molecule has 0 aliphatic heterocycles. The highest BCUT2D eigenvalue weighted by atomic mass is 32.1. The first kappa shape index (κ1) is 21.9. The summed E-state index contributed by atoms with van der Waals surface area (Å²) < 4.78 is 28.3. The highest BCUT2D eigenvalue weighted by Crippen LogP contribution is 2.33. The van der Waals surface area contributed by atoms with E-state index in [2.05, 4.69) is 22.4 Å². The Balaban J connectivity index is 1.27. The molecule has 1 atom stereocenters. The molecule has 0 saturated carbocycles. The van der Waals surface area contributed by atoms with Crippen molar-refractivity contribution in [3.05, 3.63) is 98.4 Å². The summed E-state index contributed by atoms with van der Waals surface area (Å²) in [5.74, 6) is -1.65. The lowest BCUT2D eigenvalue weighted by atomic mass is 9.93. The Bertz CT molecular complexity index is 1330. The molecule has 170 valence electrons. The van der Waals surface area contributed by atoms with Crippen LogP contribution in [0.15, 0.2) is 59.7 Å². The average Bonchev–Trinajstić information content (AvgIpc) is 3.20. The van der Waals surface area contributed by atoms with E-state index in [4.69, 9.17) is 0 Å². The largest absolute Gasteiger partial charge is 0.310 e. The minimum Gasteiger partial charge on any atom is -0.310 e. The lowest BCUT2D eigenvalue weighted by Crippen LogP contribution is -2.33. The number of aryl methyl sites for hydroxylation is 3. The van der Waals surface area contributed by atoms with Gasteiger partial charge in [0.15, 0.2) is 11.6 Å². The molecule has 2 aromatic carbocycles. The number of hydrogen-bond acceptors (Lipinski definition) is 4. The Labute approximate surface area is 194 Å². The molecule has 1 unspecified atom stereocenters. The molecule has 0 spiro atoms. The monoisotopic (exact) mass is 465 g/mol. The number of halogens is 2. The van der Waals surface area contributed by atoms with E-state index in [-0.39, 0.29) is 11.6 Å². The predicted molar refractivity (Wildman–Crippen MR) is 128 cm³/mol. The third-order valence-electron chi connectivity index (χ3n) is 6.32. The molecule has 7 heteroatoms. The van der Waals surface area contributed by atoms with Crippen LogP contribution in [0.3, 0.4) is 0 Å². The van der Waals surface area contributed by atoms with Gasteiger partial charge in [-0.05, 0) is 60.9 Å². The first-order valence-corrected chi connectivity index (χ1v) is 12.1. The molecular weight excluding hydrogens is 440 g/mol. The van der Waals surface area contributed by atoms with Crippen LogP contribution in [0.2, 0.25) is 0 Å². The molecule has 33 heavy (non-hydrogen) atoms. The molecule has 4 aromatic rings. The van der Waals surface area contributed by atoms with E-state index in [1.165, 1.54) is 16.5 Å². The molecule has 2 aromatic heterocycles. The molecule has 2 heterocycles. The van der Waals surface area contributed by atoms with Crippen molar-refractivity contribution in [1.82, 2.24) is 14.9 Å². The van der Waals surface area contributed by atoms with E-state index >= 15 is 0 Å². The fourth-order valence-corrected chi connectivity index (χ4v) is 5.80. The molecule has 0 amide bonds. The standard InChI is InChI=1S/C26H25F2N3OS/c27-21-11-8-18(13-22(21)28)15-29-19-9-10-20-23(14-19)33-25-24(20)26(32)31(16-30-25)12-4-7-17-5-2-1-3-6-17/h1-3,5-6,8,11,13,16,19,29H,4,7,9-10,12,14-15H2. The van der Waals surface area contributed by atoms with Gasteiger partial charge in [-0.25, -0.2) is 13.8 Å². The van der Waals surface area contributed by atoms with Crippen LogP contribution in [-0.2, 0) is 32.4 Å². The number of thiophene rings is 1. The lowest BCUT2D eigenvalue weighted by molar-refractivity contribution is 0.459. The van der Waals surface area contributed by atoms with Gasteiger partial charge in [-0.1, -0.05) is 36.4 Å². The molecule has 0 saturated heterocycles. The fraction of sp³-hybridized carbons (Fsp3) is 0.308. The van der Waals surface area contributed by atoms with Crippen LogP contribution in [0.5, 0.6) is 0 Å². The summed E-state index contributed by atoms with van der Waals surface area (Å²) in [5.41, 5.74) is 3.18. The van der Waals surface area contributed by atoms with Crippen molar-refractivity contribution >= 4 is 21.6 Å². The maximum atomic E-state index is 13.5. The Morgan fingerprint density at radius 2 is 1.94 bits per heavy atom. The summed E-state index contributed by atoms with van der Waals surface area (Å²) in [6.45, 7) is 1.13. The molecule has 1 aliphatic carbocycles. The number of fused-ring (bicyclic) bond motifs is 3. The summed E-state index contributed by atoms with van der Waals surface area (Å²) in [6, 6.07) is 14.5. The van der Waals surface area contributed by atoms with Gasteiger partial charge in [-0.3, -0.25) is 9.36 Å². The first-order chi connectivity index (χ1) is 16.1. The summed E-state index contributed by atoms with van der Waals surface area (Å²) >= 11 is 1.60. The van der Waals surface area contributed by atoms with Crippen LogP contribution in [0.25, 0.3) is 10.2 Å². The van der Waals surface area contributed by atoms with Gasteiger partial charge in [0.1, 0.15) is 4.83 Å². The zero-order valence-corrected chi connectivity index (χ0v) is 19.0. The maximum absolute atomic E-state index is 13.5. The predicted octanol–water partition coefficient (Wildman–Crippen LogP) is 5.02. The van der Waals surface area contributed by atoms with E-state index in [1.807, 2.05) is 18.2 Å². The minimum absolute atomic E-state index is 0.0544. The molecule has 1 aliphatic rings. The highest BCUT2D eigenvalue weighted by Gasteiger charge is 2.25. The molecule has 5 rings (SSSR count). The van der Waals surface area contributed by atoms with Gasteiger partial charge in [0.25, 0.3) is 5.56 Å². The van der Waals surface area contributed by atoms with Gasteiger partial charge in [0.05, 0.1) is 11.7 Å². The van der Waals surface area contributed by atoms with E-state index in [0.29, 0.717) is 13.1 Å². The summed E-state index contributed by atoms with van der Waals surface area (Å²) in [4.78, 5) is 19.8. The van der Waals surface area contributed by atoms with Crippen LogP contribution in [-0.4, -0.2) is 15.6 Å². The summed E-state index contributed by atoms with van der Waals surface area (Å²) in [6.07, 6.45) is 6.02. The Kier molecular flexibility index (Phi) is 6.33. The molecule has 0 radical (unpaired) electrons. The van der Waals surface area contributed by atoms with Crippen molar-refractivity contribution in [2.24, 2.45) is 0 Å². The second-order valence-electron chi connectivity index (χ2n) is 8.59. The van der Waals surface area contributed by atoms with Crippen LogP contribution in [0, 0.1) is 11.6 Å². The number of nitrogens with one attached hydrogen (secondary N) is 1. The Morgan fingerprint density at radius 1 is 1.09 bits per heavy atom. The zero-order chi connectivity index (χ0) is 22.8. The second kappa shape index (κ2) is 9.53. The molecule has 1 N–H and O–H groups in total. The van der Waals surface area contributed by atoms with E-state index in [9.17, 15) is 13.6 Å². The van der Waals surface area contributed by atoms with Gasteiger partial charge in [-0.2, -0.15) is 0 Å². The third-order valence-corrected chi connectivity index (χ3v) is 7.48. The van der Waals surface area contributed by atoms with Crippen LogP contribution in [0.4, 0.5) is 8.78 Å². The number of hydrogen-bond donors (Lipinski definition) is 1. The average molecular weight is 466 g/mol. The van der Waals surface area contributed by atoms with Crippen LogP contribution >= 0.6 is 11.3 Å². The van der Waals surface area contributed by atoms with E-state index in [0.717, 1.165) is 59.5 Å². The maximum Gasteiger partial charge on any atom is 0.262 e. The molecule has 0 fully saturated rings. The van der Waals surface area contributed by atoms with Crippen LogP contribution < -0.4 is 10.9 Å². The van der Waals surface area contributed by atoms with Crippen molar-refractivity contribution in [3.8, 4) is 0 Å². The van der Waals surface area contributed by atoms with Gasteiger partial charge in [0, 0.05) is 24.0 Å². The summed E-state index contributed by atoms with van der Waals surface area (Å²) in [5, 5.41) is 4.23. The normalized spacial score (nSPS) is 15.6. The second-order valence-corrected chi connectivity index (χ2v) is 9.67. The Morgan fingerprint density at radius 3 is 2.76 bits per heavy atom. The number of nitrogens with zero attached hydrogens (tertiary/aromatic N) is 2. The van der Waals surface area contributed by atoms with E-state index in [1.54, 1.807) is 28.3 Å². The van der Waals surface area contributed by atoms with Crippen molar-refractivity contribution in [2.75, 3.05) is 0 Å². The number of rotatable bonds is 7. The van der Waals surface area contributed by atoms with E-state index < -0.39 is 11.6 Å². The van der Waals surface area contributed by atoms with Gasteiger partial charge in [-0.15, -0.1) is 11.3 Å². The first-order valence-electron chi connectivity index (χ1n) is 11.3. The zero-order valence-electron chi connectivity index (χ0n) is 18.2. The van der Waals surface area contributed by atoms with Crippen molar-refractivity contribution < 1.29 is 8.78 Å². The SMILES string of the molecule is O=c1c2c3c(sc2ncn1CCCc1ccccc1)CC(NCc1ccc(F)c(F)c1)CC3. The van der Waals surface area contributed by atoms with Crippen molar-refractivity contribution in [1.29, 1.82) is 0 Å². The topological polar surface area (TPSA) is 46.9 Å². The number of benzene rings is 2. The lowest BCUT2D eigenvalue weighted by Gasteiger charge is -2.23. The Hall–Kier alpha value is -2.90. The third kappa shape index (κ3) is 4.75. The van der Waals surface area contributed by atoms with Gasteiger partial charge < -0.3 is 5.32 Å².